The number of aromatic nitrogens is 1. The summed E-state index contributed by atoms with van der Waals surface area (Å²) in [7, 11) is 0. The smallest absolute Gasteiger partial charge is 0.307 e. The van der Waals surface area contributed by atoms with E-state index in [0.717, 1.165) is 11.1 Å². The predicted molar refractivity (Wildman–Crippen MR) is 50.1 cm³/mol. The van der Waals surface area contributed by atoms with Crippen molar-refractivity contribution in [2.24, 2.45) is 0 Å². The minimum absolute atomic E-state index is 0.0563. The van der Waals surface area contributed by atoms with Crippen LogP contribution >= 0.6 is 0 Å². The van der Waals surface area contributed by atoms with Crippen molar-refractivity contribution in [3.05, 3.63) is 36.2 Å². The molecule has 3 nitrogen and oxygen atoms in total. The molecule has 0 aliphatic rings. The van der Waals surface area contributed by atoms with Gasteiger partial charge in [0.05, 0.1) is 6.42 Å². The van der Waals surface area contributed by atoms with Crippen LogP contribution in [-0.2, 0) is 4.79 Å². The van der Waals surface area contributed by atoms with E-state index in [4.69, 9.17) is 5.11 Å². The molecule has 0 radical (unpaired) electrons. The normalized spacial score (nSPS) is 11.3. The van der Waals surface area contributed by atoms with Crippen LogP contribution < -0.4 is 0 Å². The number of carboxylic acid groups (broad SMARTS) is 1. The highest BCUT2D eigenvalue weighted by Crippen LogP contribution is 2.11. The Morgan fingerprint density at radius 1 is 1.69 bits per heavy atom. The molecule has 68 valence electrons. The fourth-order valence-electron chi connectivity index (χ4n) is 0.954. The van der Waals surface area contributed by atoms with Gasteiger partial charge in [-0.2, -0.15) is 0 Å². The van der Waals surface area contributed by atoms with E-state index < -0.39 is 5.97 Å². The average molecular weight is 177 g/mol. The summed E-state index contributed by atoms with van der Waals surface area (Å²) < 4.78 is 0. The van der Waals surface area contributed by atoms with Crippen molar-refractivity contribution in [3.63, 3.8) is 0 Å². The molecular weight excluding hydrogens is 166 g/mol. The fourth-order valence-corrected chi connectivity index (χ4v) is 0.954. The van der Waals surface area contributed by atoms with Crippen molar-refractivity contribution < 1.29 is 9.90 Å². The summed E-state index contributed by atoms with van der Waals surface area (Å²) in [6, 6.07) is 3.73. The van der Waals surface area contributed by atoms with Crippen LogP contribution in [0, 0.1) is 0 Å². The second kappa shape index (κ2) is 4.40. The van der Waals surface area contributed by atoms with Crippen LogP contribution in [0.2, 0.25) is 0 Å². The molecule has 0 amide bonds. The summed E-state index contributed by atoms with van der Waals surface area (Å²) in [5, 5.41) is 8.45. The standard InChI is InChI=1S/C10H11NO2/c1-8(4-5-10(12)13)9-3-2-6-11-7-9/h2-4,6-7H,5H2,1H3,(H,12,13). The van der Waals surface area contributed by atoms with Crippen LogP contribution in [0.4, 0.5) is 0 Å². The Balaban J connectivity index is 2.73. The quantitative estimate of drug-likeness (QED) is 0.767. The summed E-state index contributed by atoms with van der Waals surface area (Å²) in [6.45, 7) is 1.87. The van der Waals surface area contributed by atoms with Crippen LogP contribution in [0.1, 0.15) is 18.9 Å². The summed E-state index contributed by atoms with van der Waals surface area (Å²) in [6.07, 6.45) is 5.14. The van der Waals surface area contributed by atoms with Crippen LogP contribution in [0.15, 0.2) is 30.6 Å². The minimum atomic E-state index is -0.816. The number of allylic oxidation sites excluding steroid dienone is 1. The zero-order chi connectivity index (χ0) is 9.68. The average Bonchev–Trinajstić information content (AvgIpc) is 2.15. The second-order valence-corrected chi connectivity index (χ2v) is 2.73. The Bertz CT molecular complexity index is 317. The fraction of sp³-hybridized carbons (Fsp3) is 0.200. The predicted octanol–water partition coefficient (Wildman–Crippen LogP) is 1.96. The Kier molecular flexibility index (Phi) is 3.20. The molecule has 1 N–H and O–H groups in total. The van der Waals surface area contributed by atoms with E-state index in [-0.39, 0.29) is 6.42 Å². The van der Waals surface area contributed by atoms with E-state index >= 15 is 0 Å². The number of pyridine rings is 1. The van der Waals surface area contributed by atoms with Gasteiger partial charge < -0.3 is 5.11 Å². The van der Waals surface area contributed by atoms with Gasteiger partial charge in [0.2, 0.25) is 0 Å². The van der Waals surface area contributed by atoms with E-state index in [1.165, 1.54) is 0 Å². The molecule has 0 bridgehead atoms. The number of hydrogen-bond donors (Lipinski definition) is 1. The molecule has 0 atom stereocenters. The van der Waals surface area contributed by atoms with E-state index in [1.807, 2.05) is 19.1 Å². The monoisotopic (exact) mass is 177 g/mol. The highest BCUT2D eigenvalue weighted by atomic mass is 16.4. The summed E-state index contributed by atoms with van der Waals surface area (Å²) >= 11 is 0. The van der Waals surface area contributed by atoms with Crippen LogP contribution in [0.25, 0.3) is 5.57 Å². The van der Waals surface area contributed by atoms with Crippen molar-refractivity contribution >= 4 is 11.5 Å². The van der Waals surface area contributed by atoms with Gasteiger partial charge in [-0.3, -0.25) is 9.78 Å². The highest BCUT2D eigenvalue weighted by molar-refractivity contribution is 5.73. The molecule has 0 aliphatic carbocycles. The van der Waals surface area contributed by atoms with Gasteiger partial charge in [-0.1, -0.05) is 12.1 Å². The summed E-state index contributed by atoms with van der Waals surface area (Å²) in [5.41, 5.74) is 1.90. The molecule has 0 spiro atoms. The first-order valence-electron chi connectivity index (χ1n) is 3.99. The number of hydrogen-bond acceptors (Lipinski definition) is 2. The van der Waals surface area contributed by atoms with Gasteiger partial charge in [-0.05, 0) is 24.1 Å². The van der Waals surface area contributed by atoms with Gasteiger partial charge in [0.15, 0.2) is 0 Å². The molecule has 1 aromatic rings. The molecule has 1 rings (SSSR count). The van der Waals surface area contributed by atoms with Gasteiger partial charge >= 0.3 is 5.97 Å². The van der Waals surface area contributed by atoms with E-state index in [2.05, 4.69) is 4.98 Å². The van der Waals surface area contributed by atoms with Gasteiger partial charge in [0.25, 0.3) is 0 Å². The maximum atomic E-state index is 10.3. The number of rotatable bonds is 3. The third-order valence-electron chi connectivity index (χ3n) is 1.70. The Morgan fingerprint density at radius 3 is 3.00 bits per heavy atom. The van der Waals surface area contributed by atoms with Crippen molar-refractivity contribution in [2.45, 2.75) is 13.3 Å². The molecule has 0 saturated carbocycles. The Hall–Kier alpha value is -1.64. The van der Waals surface area contributed by atoms with Crippen molar-refractivity contribution in [1.82, 2.24) is 4.98 Å². The first kappa shape index (κ1) is 9.45. The van der Waals surface area contributed by atoms with Crippen molar-refractivity contribution in [2.75, 3.05) is 0 Å². The lowest BCUT2D eigenvalue weighted by atomic mass is 10.1. The van der Waals surface area contributed by atoms with Crippen LogP contribution in [0.5, 0.6) is 0 Å². The maximum absolute atomic E-state index is 10.3. The van der Waals surface area contributed by atoms with Crippen LogP contribution in [-0.4, -0.2) is 16.1 Å². The lowest BCUT2D eigenvalue weighted by Crippen LogP contribution is -1.91. The SMILES string of the molecule is CC(=CCC(=O)O)c1cccnc1. The highest BCUT2D eigenvalue weighted by Gasteiger charge is 1.96. The Morgan fingerprint density at radius 2 is 2.46 bits per heavy atom. The zero-order valence-corrected chi connectivity index (χ0v) is 7.40. The molecule has 1 aromatic heterocycles. The zero-order valence-electron chi connectivity index (χ0n) is 7.40. The number of nitrogens with zero attached hydrogens (tertiary/aromatic N) is 1. The van der Waals surface area contributed by atoms with Crippen molar-refractivity contribution in [1.29, 1.82) is 0 Å². The van der Waals surface area contributed by atoms with Gasteiger partial charge in [0, 0.05) is 12.4 Å². The molecule has 0 saturated heterocycles. The minimum Gasteiger partial charge on any atom is -0.481 e. The molecule has 0 fully saturated rings. The van der Waals surface area contributed by atoms with Crippen molar-refractivity contribution in [3.8, 4) is 0 Å². The third-order valence-corrected chi connectivity index (χ3v) is 1.70. The topological polar surface area (TPSA) is 50.2 Å². The van der Waals surface area contributed by atoms with E-state index in [1.54, 1.807) is 18.5 Å². The maximum Gasteiger partial charge on any atom is 0.307 e. The number of aliphatic carboxylic acids is 1. The first-order valence-corrected chi connectivity index (χ1v) is 3.99. The second-order valence-electron chi connectivity index (χ2n) is 2.73. The van der Waals surface area contributed by atoms with Crippen LogP contribution in [0.3, 0.4) is 0 Å². The molecule has 13 heavy (non-hydrogen) atoms. The van der Waals surface area contributed by atoms with Gasteiger partial charge in [-0.25, -0.2) is 0 Å². The molecule has 1 heterocycles. The third kappa shape index (κ3) is 3.07. The molecule has 3 heteroatoms. The first-order chi connectivity index (χ1) is 6.20. The molecular formula is C10H11NO2. The Labute approximate surface area is 76.7 Å². The number of carboxylic acids is 1. The van der Waals surface area contributed by atoms with Gasteiger partial charge in [0.1, 0.15) is 0 Å². The van der Waals surface area contributed by atoms with E-state index in [9.17, 15) is 4.79 Å². The molecule has 0 unspecified atom stereocenters. The van der Waals surface area contributed by atoms with Gasteiger partial charge in [-0.15, -0.1) is 0 Å². The largest absolute Gasteiger partial charge is 0.481 e. The lowest BCUT2D eigenvalue weighted by Gasteiger charge is -1.98. The molecule has 0 aliphatic heterocycles. The lowest BCUT2D eigenvalue weighted by molar-refractivity contribution is -0.135. The molecule has 0 aromatic carbocycles. The van der Waals surface area contributed by atoms with E-state index in [0.29, 0.717) is 0 Å². The summed E-state index contributed by atoms with van der Waals surface area (Å²) in [4.78, 5) is 14.2. The number of carbonyl (C=O) groups is 1. The summed E-state index contributed by atoms with van der Waals surface area (Å²) in [5.74, 6) is -0.816.